The fourth-order valence-corrected chi connectivity index (χ4v) is 4.18. The van der Waals surface area contributed by atoms with Crippen molar-refractivity contribution in [3.63, 3.8) is 0 Å². The molecule has 0 aromatic heterocycles. The molecule has 1 saturated heterocycles. The van der Waals surface area contributed by atoms with Crippen LogP contribution in [0.2, 0.25) is 0 Å². The molecular weight excluding hydrogens is 264 g/mol. The van der Waals surface area contributed by atoms with E-state index in [-0.39, 0.29) is 18.7 Å². The standard InChI is InChI=1S/C13H20N2O3S/c1-10-9-18-11(2)8-15(10)19(16,17)13-6-4-3-5-12(13)7-14/h3-6,10-11H,7-9,14H2,1-2H3. The molecule has 0 bridgehead atoms. The molecule has 1 aromatic carbocycles. The molecule has 19 heavy (non-hydrogen) atoms. The topological polar surface area (TPSA) is 72.6 Å². The Labute approximate surface area is 114 Å². The molecule has 0 amide bonds. The van der Waals surface area contributed by atoms with E-state index in [0.717, 1.165) is 0 Å². The molecule has 1 aliphatic rings. The lowest BCUT2D eigenvalue weighted by Crippen LogP contribution is -2.50. The molecule has 2 unspecified atom stereocenters. The van der Waals surface area contributed by atoms with Gasteiger partial charge in [0, 0.05) is 19.1 Å². The number of nitrogens with two attached hydrogens (primary N) is 1. The molecule has 106 valence electrons. The lowest BCUT2D eigenvalue weighted by molar-refractivity contribution is -0.0170. The summed E-state index contributed by atoms with van der Waals surface area (Å²) in [7, 11) is -3.51. The van der Waals surface area contributed by atoms with E-state index in [4.69, 9.17) is 10.5 Å². The second-order valence-corrected chi connectivity index (χ2v) is 6.74. The first-order valence-corrected chi connectivity index (χ1v) is 7.82. The molecule has 5 nitrogen and oxygen atoms in total. The number of ether oxygens (including phenoxy) is 1. The van der Waals surface area contributed by atoms with Crippen LogP contribution in [0.4, 0.5) is 0 Å². The monoisotopic (exact) mass is 284 g/mol. The molecule has 1 aliphatic heterocycles. The zero-order chi connectivity index (χ0) is 14.0. The summed E-state index contributed by atoms with van der Waals surface area (Å²) in [6, 6.07) is 6.73. The maximum Gasteiger partial charge on any atom is 0.243 e. The van der Waals surface area contributed by atoms with Crippen LogP contribution in [-0.4, -0.2) is 38.0 Å². The Bertz CT molecular complexity index is 545. The second-order valence-electron chi connectivity index (χ2n) is 4.88. The van der Waals surface area contributed by atoms with Gasteiger partial charge in [0.25, 0.3) is 0 Å². The van der Waals surface area contributed by atoms with Crippen LogP contribution in [0.3, 0.4) is 0 Å². The van der Waals surface area contributed by atoms with Crippen molar-refractivity contribution < 1.29 is 13.2 Å². The van der Waals surface area contributed by atoms with Gasteiger partial charge in [-0.3, -0.25) is 0 Å². The van der Waals surface area contributed by atoms with Crippen LogP contribution in [0, 0.1) is 0 Å². The molecule has 0 radical (unpaired) electrons. The van der Waals surface area contributed by atoms with E-state index >= 15 is 0 Å². The predicted molar refractivity (Wildman–Crippen MR) is 73.1 cm³/mol. The van der Waals surface area contributed by atoms with Crippen molar-refractivity contribution in [1.82, 2.24) is 4.31 Å². The Balaban J connectivity index is 2.41. The van der Waals surface area contributed by atoms with E-state index in [1.54, 1.807) is 24.3 Å². The molecule has 0 saturated carbocycles. The maximum atomic E-state index is 12.7. The minimum Gasteiger partial charge on any atom is -0.375 e. The van der Waals surface area contributed by atoms with E-state index in [9.17, 15) is 8.42 Å². The van der Waals surface area contributed by atoms with E-state index < -0.39 is 10.0 Å². The average Bonchev–Trinajstić information content (AvgIpc) is 2.41. The number of sulfonamides is 1. The Kier molecular flexibility index (Phi) is 4.25. The summed E-state index contributed by atoms with van der Waals surface area (Å²) in [4.78, 5) is 0.304. The lowest BCUT2D eigenvalue weighted by Gasteiger charge is -2.36. The third-order valence-corrected chi connectivity index (χ3v) is 5.41. The highest BCUT2D eigenvalue weighted by Gasteiger charge is 2.34. The SMILES string of the molecule is CC1CN(S(=O)(=O)c2ccccc2CN)C(C)CO1. The van der Waals surface area contributed by atoms with Crippen LogP contribution in [0.25, 0.3) is 0 Å². The summed E-state index contributed by atoms with van der Waals surface area (Å²) >= 11 is 0. The number of benzene rings is 1. The zero-order valence-corrected chi connectivity index (χ0v) is 12.1. The lowest BCUT2D eigenvalue weighted by atomic mass is 10.2. The van der Waals surface area contributed by atoms with Crippen molar-refractivity contribution in [2.75, 3.05) is 13.2 Å². The highest BCUT2D eigenvalue weighted by Crippen LogP contribution is 2.24. The fourth-order valence-electron chi connectivity index (χ4n) is 2.26. The van der Waals surface area contributed by atoms with Crippen LogP contribution >= 0.6 is 0 Å². The molecule has 0 spiro atoms. The summed E-state index contributed by atoms with van der Waals surface area (Å²) < 4.78 is 32.5. The van der Waals surface area contributed by atoms with Crippen molar-refractivity contribution in [2.45, 2.75) is 37.4 Å². The van der Waals surface area contributed by atoms with Crippen LogP contribution in [0.15, 0.2) is 29.2 Å². The Hall–Kier alpha value is -0.950. The van der Waals surface area contributed by atoms with E-state index in [1.807, 2.05) is 13.8 Å². The van der Waals surface area contributed by atoms with Crippen LogP contribution in [-0.2, 0) is 21.3 Å². The molecule has 2 rings (SSSR count). The van der Waals surface area contributed by atoms with Gasteiger partial charge in [-0.25, -0.2) is 8.42 Å². The van der Waals surface area contributed by atoms with Gasteiger partial charge in [-0.05, 0) is 25.5 Å². The van der Waals surface area contributed by atoms with Crippen molar-refractivity contribution in [2.24, 2.45) is 5.73 Å². The fraction of sp³-hybridized carbons (Fsp3) is 0.538. The third-order valence-electron chi connectivity index (χ3n) is 3.33. The Morgan fingerprint density at radius 2 is 2.05 bits per heavy atom. The van der Waals surface area contributed by atoms with Crippen LogP contribution < -0.4 is 5.73 Å². The van der Waals surface area contributed by atoms with Gasteiger partial charge in [0.1, 0.15) is 0 Å². The van der Waals surface area contributed by atoms with Crippen molar-refractivity contribution >= 4 is 10.0 Å². The molecule has 2 atom stereocenters. The number of hydrogen-bond acceptors (Lipinski definition) is 4. The van der Waals surface area contributed by atoms with Gasteiger partial charge in [0.05, 0.1) is 17.6 Å². The normalized spacial score (nSPS) is 25.4. The number of rotatable bonds is 3. The highest BCUT2D eigenvalue weighted by atomic mass is 32.2. The molecule has 1 fully saturated rings. The number of morpholine rings is 1. The van der Waals surface area contributed by atoms with Gasteiger partial charge >= 0.3 is 0 Å². The zero-order valence-electron chi connectivity index (χ0n) is 11.2. The smallest absolute Gasteiger partial charge is 0.243 e. The van der Waals surface area contributed by atoms with E-state index in [2.05, 4.69) is 0 Å². The van der Waals surface area contributed by atoms with Gasteiger partial charge in [0.2, 0.25) is 10.0 Å². The minimum atomic E-state index is -3.51. The molecule has 6 heteroatoms. The molecule has 1 heterocycles. The predicted octanol–water partition coefficient (Wildman–Crippen LogP) is 0.943. The van der Waals surface area contributed by atoms with Gasteiger partial charge in [0.15, 0.2) is 0 Å². The summed E-state index contributed by atoms with van der Waals surface area (Å²) in [5.41, 5.74) is 6.28. The summed E-state index contributed by atoms with van der Waals surface area (Å²) in [5.74, 6) is 0. The minimum absolute atomic E-state index is 0.0870. The average molecular weight is 284 g/mol. The van der Waals surface area contributed by atoms with Gasteiger partial charge in [-0.2, -0.15) is 4.31 Å². The highest BCUT2D eigenvalue weighted by molar-refractivity contribution is 7.89. The van der Waals surface area contributed by atoms with Crippen molar-refractivity contribution in [3.8, 4) is 0 Å². The largest absolute Gasteiger partial charge is 0.375 e. The first-order chi connectivity index (χ1) is 8.96. The summed E-state index contributed by atoms with van der Waals surface area (Å²) in [6.45, 7) is 4.75. The quantitative estimate of drug-likeness (QED) is 0.896. The van der Waals surface area contributed by atoms with Crippen molar-refractivity contribution in [3.05, 3.63) is 29.8 Å². The van der Waals surface area contributed by atoms with Crippen LogP contribution in [0.5, 0.6) is 0 Å². The Morgan fingerprint density at radius 1 is 1.37 bits per heavy atom. The molecule has 2 N–H and O–H groups in total. The summed E-state index contributed by atoms with van der Waals surface area (Å²) in [5, 5.41) is 0. The first kappa shape index (κ1) is 14.5. The van der Waals surface area contributed by atoms with Gasteiger partial charge in [-0.15, -0.1) is 0 Å². The molecule has 0 aliphatic carbocycles. The first-order valence-electron chi connectivity index (χ1n) is 6.38. The third kappa shape index (κ3) is 2.81. The maximum absolute atomic E-state index is 12.7. The number of hydrogen-bond donors (Lipinski definition) is 1. The van der Waals surface area contributed by atoms with Gasteiger partial charge in [-0.1, -0.05) is 18.2 Å². The molecular formula is C13H20N2O3S. The van der Waals surface area contributed by atoms with Crippen LogP contribution in [0.1, 0.15) is 19.4 Å². The summed E-state index contributed by atoms with van der Waals surface area (Å²) in [6.07, 6.45) is -0.0870. The second kappa shape index (κ2) is 5.58. The Morgan fingerprint density at radius 3 is 2.74 bits per heavy atom. The number of nitrogens with zero attached hydrogens (tertiary/aromatic N) is 1. The van der Waals surface area contributed by atoms with E-state index in [1.165, 1.54) is 4.31 Å². The van der Waals surface area contributed by atoms with E-state index in [0.29, 0.717) is 23.6 Å². The molecule has 1 aromatic rings. The van der Waals surface area contributed by atoms with Gasteiger partial charge < -0.3 is 10.5 Å². The van der Waals surface area contributed by atoms with Crippen molar-refractivity contribution in [1.29, 1.82) is 0 Å².